The van der Waals surface area contributed by atoms with E-state index in [-0.39, 0.29) is 11.8 Å². The topological polar surface area (TPSA) is 65.1 Å². The Kier molecular flexibility index (Phi) is 7.06. The number of nitrogens with one attached hydrogen (secondary N) is 1. The summed E-state index contributed by atoms with van der Waals surface area (Å²) in [7, 11) is 1.64. The van der Waals surface area contributed by atoms with Crippen molar-refractivity contribution in [3.63, 3.8) is 0 Å². The Balaban J connectivity index is 1.33. The van der Waals surface area contributed by atoms with Crippen molar-refractivity contribution in [2.45, 2.75) is 19.4 Å². The smallest absolute Gasteiger partial charge is 0.236 e. The fraction of sp³-hybridized carbons (Fsp3) is 0.600. The lowest BCUT2D eigenvalue weighted by molar-refractivity contribution is -0.132. The highest BCUT2D eigenvalue weighted by Crippen LogP contribution is 2.11. The van der Waals surface area contributed by atoms with Gasteiger partial charge in [-0.3, -0.25) is 19.4 Å². The lowest BCUT2D eigenvalue weighted by atomic mass is 10.2. The van der Waals surface area contributed by atoms with Crippen LogP contribution in [0.15, 0.2) is 24.3 Å². The van der Waals surface area contributed by atoms with Crippen LogP contribution < -0.4 is 10.1 Å². The second kappa shape index (κ2) is 9.71. The molecule has 0 saturated carbocycles. The zero-order valence-electron chi connectivity index (χ0n) is 16.2. The van der Waals surface area contributed by atoms with Crippen LogP contribution in [0.1, 0.15) is 18.4 Å². The number of hydrogen-bond donors (Lipinski definition) is 1. The molecule has 3 rings (SSSR count). The number of ether oxygens (including phenoxy) is 1. The molecule has 1 aromatic carbocycles. The minimum Gasteiger partial charge on any atom is -0.497 e. The van der Waals surface area contributed by atoms with Crippen molar-refractivity contribution in [1.29, 1.82) is 0 Å². The molecule has 1 N–H and O–H groups in total. The van der Waals surface area contributed by atoms with Crippen LogP contribution >= 0.6 is 0 Å². The maximum Gasteiger partial charge on any atom is 0.236 e. The first kappa shape index (κ1) is 19.6. The van der Waals surface area contributed by atoms with Gasteiger partial charge in [-0.2, -0.15) is 0 Å². The Morgan fingerprint density at radius 1 is 0.926 bits per heavy atom. The quantitative estimate of drug-likeness (QED) is 0.755. The molecule has 0 bridgehead atoms. The number of piperazine rings is 1. The maximum absolute atomic E-state index is 12.2. The van der Waals surface area contributed by atoms with Crippen LogP contribution in [0.4, 0.5) is 0 Å². The third-order valence-corrected chi connectivity index (χ3v) is 5.30. The number of benzene rings is 1. The number of likely N-dealkylation sites (tertiary alicyclic amines) is 1. The summed E-state index contributed by atoms with van der Waals surface area (Å²) in [5, 5.41) is 2.97. The maximum atomic E-state index is 12.2. The minimum absolute atomic E-state index is 0.0346. The van der Waals surface area contributed by atoms with E-state index in [1.54, 1.807) is 7.11 Å². The summed E-state index contributed by atoms with van der Waals surface area (Å²) in [6.07, 6.45) is 2.26. The summed E-state index contributed by atoms with van der Waals surface area (Å²) in [5.41, 5.74) is 1.05. The summed E-state index contributed by atoms with van der Waals surface area (Å²) in [4.78, 5) is 30.7. The van der Waals surface area contributed by atoms with Gasteiger partial charge < -0.3 is 15.0 Å². The van der Waals surface area contributed by atoms with Gasteiger partial charge in [0.2, 0.25) is 11.8 Å². The first-order valence-corrected chi connectivity index (χ1v) is 9.76. The average molecular weight is 374 g/mol. The Bertz CT molecular complexity index is 621. The van der Waals surface area contributed by atoms with E-state index < -0.39 is 0 Å². The van der Waals surface area contributed by atoms with E-state index in [4.69, 9.17) is 4.74 Å². The Morgan fingerprint density at radius 2 is 1.52 bits per heavy atom. The van der Waals surface area contributed by atoms with Gasteiger partial charge in [-0.25, -0.2) is 0 Å². The minimum atomic E-state index is 0.0346. The van der Waals surface area contributed by atoms with Crippen LogP contribution in [0, 0.1) is 0 Å². The van der Waals surface area contributed by atoms with Gasteiger partial charge in [-0.15, -0.1) is 0 Å². The lowest BCUT2D eigenvalue weighted by Crippen LogP contribution is -2.51. The molecule has 7 nitrogen and oxygen atoms in total. The van der Waals surface area contributed by atoms with E-state index in [0.717, 1.165) is 63.4 Å². The molecule has 0 atom stereocenters. The molecule has 1 aromatic rings. The molecule has 27 heavy (non-hydrogen) atoms. The second-order valence-electron chi connectivity index (χ2n) is 7.26. The number of rotatable bonds is 7. The van der Waals surface area contributed by atoms with Gasteiger partial charge in [0.1, 0.15) is 5.75 Å². The van der Waals surface area contributed by atoms with Crippen LogP contribution in [-0.4, -0.2) is 86.0 Å². The number of methoxy groups -OCH3 is 1. The van der Waals surface area contributed by atoms with Crippen LogP contribution in [0.5, 0.6) is 5.75 Å². The van der Waals surface area contributed by atoms with Crippen molar-refractivity contribution < 1.29 is 14.3 Å². The molecule has 148 valence electrons. The van der Waals surface area contributed by atoms with Crippen LogP contribution in [-0.2, 0) is 16.1 Å². The highest BCUT2D eigenvalue weighted by molar-refractivity contribution is 5.79. The molecule has 2 fully saturated rings. The molecule has 0 radical (unpaired) electrons. The van der Waals surface area contributed by atoms with Gasteiger partial charge in [-0.1, -0.05) is 12.1 Å². The Labute approximate surface area is 161 Å². The predicted octanol–water partition coefficient (Wildman–Crippen LogP) is 0.551. The zero-order valence-corrected chi connectivity index (χ0v) is 16.2. The van der Waals surface area contributed by atoms with Crippen molar-refractivity contribution in [3.8, 4) is 5.75 Å². The summed E-state index contributed by atoms with van der Waals surface area (Å²) >= 11 is 0. The largest absolute Gasteiger partial charge is 0.497 e. The fourth-order valence-electron chi connectivity index (χ4n) is 3.57. The van der Waals surface area contributed by atoms with Crippen LogP contribution in [0.25, 0.3) is 0 Å². The molecule has 2 aliphatic rings. The zero-order chi connectivity index (χ0) is 19.1. The SMILES string of the molecule is COc1ccc(CNC(=O)CN2CCN(CC(=O)N3CCCC3)CC2)cc1. The van der Waals surface area contributed by atoms with Crippen molar-refractivity contribution in [1.82, 2.24) is 20.0 Å². The first-order valence-electron chi connectivity index (χ1n) is 9.76. The van der Waals surface area contributed by atoms with Crippen molar-refractivity contribution in [2.24, 2.45) is 0 Å². The van der Waals surface area contributed by atoms with E-state index in [0.29, 0.717) is 19.6 Å². The van der Waals surface area contributed by atoms with Crippen molar-refractivity contribution >= 4 is 11.8 Å². The van der Waals surface area contributed by atoms with E-state index in [9.17, 15) is 9.59 Å². The molecule has 0 unspecified atom stereocenters. The molecular weight excluding hydrogens is 344 g/mol. The third kappa shape index (κ3) is 5.94. The highest BCUT2D eigenvalue weighted by atomic mass is 16.5. The van der Waals surface area contributed by atoms with Crippen molar-refractivity contribution in [2.75, 3.05) is 59.5 Å². The standard InChI is InChI=1S/C20H30N4O3/c1-27-18-6-4-17(5-7-18)14-21-19(25)15-22-10-12-23(13-11-22)16-20(26)24-8-2-3-9-24/h4-7H,2-3,8-16H2,1H3,(H,21,25). The second-order valence-corrected chi connectivity index (χ2v) is 7.26. The first-order chi connectivity index (χ1) is 13.1. The molecule has 2 saturated heterocycles. The van der Waals surface area contributed by atoms with Gasteiger partial charge in [0.15, 0.2) is 0 Å². The van der Waals surface area contributed by atoms with Gasteiger partial charge in [0, 0.05) is 45.8 Å². The van der Waals surface area contributed by atoms with Gasteiger partial charge >= 0.3 is 0 Å². The number of carbonyl (C=O) groups excluding carboxylic acids is 2. The normalized spacial score (nSPS) is 18.5. The summed E-state index contributed by atoms with van der Waals surface area (Å²) in [6, 6.07) is 7.69. The van der Waals surface area contributed by atoms with E-state index >= 15 is 0 Å². The van der Waals surface area contributed by atoms with Gasteiger partial charge in [-0.05, 0) is 30.5 Å². The fourth-order valence-corrected chi connectivity index (χ4v) is 3.57. The number of amides is 2. The molecule has 0 spiro atoms. The van der Waals surface area contributed by atoms with Gasteiger partial charge in [0.05, 0.1) is 20.2 Å². The molecule has 2 aliphatic heterocycles. The van der Waals surface area contributed by atoms with Crippen molar-refractivity contribution in [3.05, 3.63) is 29.8 Å². The van der Waals surface area contributed by atoms with E-state index in [1.165, 1.54) is 0 Å². The summed E-state index contributed by atoms with van der Waals surface area (Å²) in [5.74, 6) is 1.09. The van der Waals surface area contributed by atoms with E-state index in [2.05, 4.69) is 15.1 Å². The number of carbonyl (C=O) groups is 2. The molecule has 0 aliphatic carbocycles. The van der Waals surface area contributed by atoms with Crippen LogP contribution in [0.3, 0.4) is 0 Å². The molecular formula is C20H30N4O3. The Hall–Kier alpha value is -2.12. The third-order valence-electron chi connectivity index (χ3n) is 5.30. The van der Waals surface area contributed by atoms with E-state index in [1.807, 2.05) is 29.2 Å². The predicted molar refractivity (Wildman–Crippen MR) is 104 cm³/mol. The molecule has 7 heteroatoms. The number of nitrogens with zero attached hydrogens (tertiary/aromatic N) is 3. The Morgan fingerprint density at radius 3 is 2.11 bits per heavy atom. The summed E-state index contributed by atoms with van der Waals surface area (Å²) in [6.45, 7) is 6.58. The molecule has 0 aromatic heterocycles. The average Bonchev–Trinajstić information content (AvgIpc) is 3.23. The summed E-state index contributed by atoms with van der Waals surface area (Å²) < 4.78 is 5.14. The number of hydrogen-bond acceptors (Lipinski definition) is 5. The highest BCUT2D eigenvalue weighted by Gasteiger charge is 2.24. The monoisotopic (exact) mass is 374 g/mol. The molecule has 2 heterocycles. The van der Waals surface area contributed by atoms with Crippen LogP contribution in [0.2, 0.25) is 0 Å². The lowest BCUT2D eigenvalue weighted by Gasteiger charge is -2.34. The van der Waals surface area contributed by atoms with Gasteiger partial charge in [0.25, 0.3) is 0 Å². The molecule has 2 amide bonds.